The molecule has 0 aliphatic carbocycles. The third-order valence-electron chi connectivity index (χ3n) is 3.01. The quantitative estimate of drug-likeness (QED) is 0.895. The summed E-state index contributed by atoms with van der Waals surface area (Å²) in [4.78, 5) is 20.6. The average Bonchev–Trinajstić information content (AvgIpc) is 2.49. The first-order valence-electron chi connectivity index (χ1n) is 7.87. The van der Waals surface area contributed by atoms with Crippen LogP contribution in [-0.2, 0) is 11.2 Å². The Morgan fingerprint density at radius 3 is 2.46 bits per heavy atom. The van der Waals surface area contributed by atoms with Crippen LogP contribution in [0.3, 0.4) is 0 Å². The average molecular weight is 329 g/mol. The van der Waals surface area contributed by atoms with Gasteiger partial charge in [-0.15, -0.1) is 0 Å². The summed E-state index contributed by atoms with van der Waals surface area (Å²) in [7, 11) is 0. The van der Waals surface area contributed by atoms with E-state index in [-0.39, 0.29) is 11.7 Å². The number of amides is 1. The Bertz CT molecular complexity index is 706. The number of benzene rings is 1. The third kappa shape index (κ3) is 5.22. The van der Waals surface area contributed by atoms with E-state index in [0.717, 1.165) is 11.3 Å². The van der Waals surface area contributed by atoms with Crippen molar-refractivity contribution in [3.05, 3.63) is 41.7 Å². The van der Waals surface area contributed by atoms with Gasteiger partial charge in [0.1, 0.15) is 11.4 Å². The standard InChI is InChI=1S/C18H23N3O3/c1-6-13-11-19-15(21-17(22)24-18(3,4)5)16(20-13)23-14-9-7-12(2)8-10-14/h7-11H,6H2,1-5H3,(H,19,21,22). The van der Waals surface area contributed by atoms with E-state index in [1.54, 1.807) is 27.0 Å². The van der Waals surface area contributed by atoms with E-state index in [9.17, 15) is 4.79 Å². The fourth-order valence-electron chi connectivity index (χ4n) is 1.85. The normalized spacial score (nSPS) is 11.0. The largest absolute Gasteiger partial charge is 0.444 e. The summed E-state index contributed by atoms with van der Waals surface area (Å²) in [6, 6.07) is 7.56. The zero-order valence-corrected chi connectivity index (χ0v) is 14.7. The van der Waals surface area contributed by atoms with Crippen molar-refractivity contribution in [1.29, 1.82) is 0 Å². The molecule has 6 nitrogen and oxygen atoms in total. The molecule has 2 aromatic rings. The lowest BCUT2D eigenvalue weighted by Crippen LogP contribution is -2.27. The Kier molecular flexibility index (Phi) is 5.39. The van der Waals surface area contributed by atoms with Crippen molar-refractivity contribution in [3.63, 3.8) is 0 Å². The van der Waals surface area contributed by atoms with Crippen molar-refractivity contribution in [2.75, 3.05) is 5.32 Å². The second kappa shape index (κ2) is 7.29. The van der Waals surface area contributed by atoms with Crippen molar-refractivity contribution >= 4 is 11.9 Å². The maximum atomic E-state index is 12.0. The number of aromatic nitrogens is 2. The first kappa shape index (κ1) is 17.7. The van der Waals surface area contributed by atoms with Gasteiger partial charge in [-0.05, 0) is 46.2 Å². The lowest BCUT2D eigenvalue weighted by molar-refractivity contribution is 0.0634. The highest BCUT2D eigenvalue weighted by Gasteiger charge is 2.19. The zero-order valence-electron chi connectivity index (χ0n) is 14.7. The van der Waals surface area contributed by atoms with E-state index < -0.39 is 11.7 Å². The van der Waals surface area contributed by atoms with Crippen LogP contribution in [0.4, 0.5) is 10.6 Å². The molecule has 24 heavy (non-hydrogen) atoms. The number of carbonyl (C=O) groups is 1. The SMILES string of the molecule is CCc1cnc(NC(=O)OC(C)(C)C)c(Oc2ccc(C)cc2)n1. The molecule has 0 atom stereocenters. The number of carbonyl (C=O) groups excluding carboxylic acids is 1. The summed E-state index contributed by atoms with van der Waals surface area (Å²) in [6.07, 6.45) is 1.72. The molecular formula is C18H23N3O3. The molecule has 0 bridgehead atoms. The maximum absolute atomic E-state index is 12.0. The van der Waals surface area contributed by atoms with Crippen LogP contribution in [0.1, 0.15) is 39.0 Å². The maximum Gasteiger partial charge on any atom is 0.413 e. The molecule has 1 N–H and O–H groups in total. The molecule has 2 rings (SSSR count). The Balaban J connectivity index is 2.24. The van der Waals surface area contributed by atoms with E-state index in [0.29, 0.717) is 12.2 Å². The van der Waals surface area contributed by atoms with Crippen LogP contribution in [0.25, 0.3) is 0 Å². The first-order chi connectivity index (χ1) is 11.3. The Morgan fingerprint density at radius 1 is 1.21 bits per heavy atom. The number of rotatable bonds is 4. The topological polar surface area (TPSA) is 73.3 Å². The predicted octanol–water partition coefficient (Wildman–Crippen LogP) is 4.49. The zero-order chi connectivity index (χ0) is 17.7. The van der Waals surface area contributed by atoms with Crippen molar-refractivity contribution in [2.45, 2.75) is 46.6 Å². The molecule has 0 aliphatic heterocycles. The van der Waals surface area contributed by atoms with Crippen molar-refractivity contribution < 1.29 is 14.3 Å². The van der Waals surface area contributed by atoms with Crippen molar-refractivity contribution in [1.82, 2.24) is 9.97 Å². The van der Waals surface area contributed by atoms with Gasteiger partial charge in [0, 0.05) is 0 Å². The van der Waals surface area contributed by atoms with E-state index in [4.69, 9.17) is 9.47 Å². The third-order valence-corrected chi connectivity index (χ3v) is 3.01. The van der Waals surface area contributed by atoms with E-state index >= 15 is 0 Å². The summed E-state index contributed by atoms with van der Waals surface area (Å²) in [6.45, 7) is 9.35. The number of nitrogens with one attached hydrogen (secondary N) is 1. The summed E-state index contributed by atoms with van der Waals surface area (Å²) >= 11 is 0. The number of hydrogen-bond donors (Lipinski definition) is 1. The highest BCUT2D eigenvalue weighted by atomic mass is 16.6. The summed E-state index contributed by atoms with van der Waals surface area (Å²) in [5.41, 5.74) is 1.30. The monoisotopic (exact) mass is 329 g/mol. The number of nitrogens with zero attached hydrogens (tertiary/aromatic N) is 2. The van der Waals surface area contributed by atoms with Crippen LogP contribution in [0, 0.1) is 6.92 Å². The fourth-order valence-corrected chi connectivity index (χ4v) is 1.85. The van der Waals surface area contributed by atoms with E-state index in [1.165, 1.54) is 0 Å². The van der Waals surface area contributed by atoms with Gasteiger partial charge in [-0.25, -0.2) is 14.8 Å². The molecule has 0 spiro atoms. The molecular weight excluding hydrogens is 306 g/mol. The van der Waals surface area contributed by atoms with Crippen LogP contribution in [0.2, 0.25) is 0 Å². The van der Waals surface area contributed by atoms with Gasteiger partial charge in [-0.3, -0.25) is 5.32 Å². The van der Waals surface area contributed by atoms with Gasteiger partial charge in [0.05, 0.1) is 11.9 Å². The van der Waals surface area contributed by atoms with E-state index in [2.05, 4.69) is 15.3 Å². The Morgan fingerprint density at radius 2 is 1.88 bits per heavy atom. The highest BCUT2D eigenvalue weighted by Crippen LogP contribution is 2.26. The van der Waals surface area contributed by atoms with E-state index in [1.807, 2.05) is 38.1 Å². The van der Waals surface area contributed by atoms with Gasteiger partial charge in [0.25, 0.3) is 5.88 Å². The minimum atomic E-state index is -0.602. The number of aryl methyl sites for hydroxylation is 2. The summed E-state index contributed by atoms with van der Waals surface area (Å²) in [5.74, 6) is 1.08. The van der Waals surface area contributed by atoms with Crippen LogP contribution < -0.4 is 10.1 Å². The van der Waals surface area contributed by atoms with Gasteiger partial charge >= 0.3 is 6.09 Å². The molecule has 1 aromatic carbocycles. The molecule has 0 unspecified atom stereocenters. The Labute approximate surface area is 142 Å². The second-order valence-electron chi connectivity index (χ2n) is 6.41. The van der Waals surface area contributed by atoms with Gasteiger partial charge in [-0.1, -0.05) is 24.6 Å². The lowest BCUT2D eigenvalue weighted by atomic mass is 10.2. The molecule has 0 aliphatic rings. The highest BCUT2D eigenvalue weighted by molar-refractivity contribution is 5.85. The molecule has 0 saturated carbocycles. The summed E-state index contributed by atoms with van der Waals surface area (Å²) in [5, 5.41) is 2.59. The fraction of sp³-hybridized carbons (Fsp3) is 0.389. The Hall–Kier alpha value is -2.63. The molecule has 6 heteroatoms. The first-order valence-corrected chi connectivity index (χ1v) is 7.87. The second-order valence-corrected chi connectivity index (χ2v) is 6.41. The molecule has 0 saturated heterocycles. The van der Waals surface area contributed by atoms with Crippen LogP contribution in [0.15, 0.2) is 30.5 Å². The predicted molar refractivity (Wildman–Crippen MR) is 92.5 cm³/mol. The number of ether oxygens (including phenoxy) is 2. The molecule has 1 amide bonds. The van der Waals surface area contributed by atoms with Crippen LogP contribution in [0.5, 0.6) is 11.6 Å². The molecule has 128 valence electrons. The molecule has 0 fully saturated rings. The van der Waals surface area contributed by atoms with Crippen LogP contribution >= 0.6 is 0 Å². The number of anilines is 1. The minimum absolute atomic E-state index is 0.224. The molecule has 0 radical (unpaired) electrons. The van der Waals surface area contributed by atoms with Gasteiger partial charge in [0.2, 0.25) is 0 Å². The van der Waals surface area contributed by atoms with Crippen LogP contribution in [-0.4, -0.2) is 21.7 Å². The number of hydrogen-bond acceptors (Lipinski definition) is 5. The molecule has 1 aromatic heterocycles. The van der Waals surface area contributed by atoms with Crippen molar-refractivity contribution in [3.8, 4) is 11.6 Å². The van der Waals surface area contributed by atoms with Crippen molar-refractivity contribution in [2.24, 2.45) is 0 Å². The lowest BCUT2D eigenvalue weighted by Gasteiger charge is -2.20. The smallest absolute Gasteiger partial charge is 0.413 e. The summed E-state index contributed by atoms with van der Waals surface area (Å²) < 4.78 is 11.0. The van der Waals surface area contributed by atoms with Gasteiger partial charge in [0.15, 0.2) is 5.82 Å². The van der Waals surface area contributed by atoms with Gasteiger partial charge < -0.3 is 9.47 Å². The molecule has 1 heterocycles. The van der Waals surface area contributed by atoms with Gasteiger partial charge in [-0.2, -0.15) is 0 Å². The minimum Gasteiger partial charge on any atom is -0.444 e.